The van der Waals surface area contributed by atoms with Gasteiger partial charge in [-0.1, -0.05) is 97.1 Å². The number of hydrogen-bond acceptors (Lipinski definition) is 4. The normalized spacial score (nSPS) is 14.8. The van der Waals surface area contributed by atoms with Crippen LogP contribution in [0.3, 0.4) is 0 Å². The topological polar surface area (TPSA) is 56.9 Å². The molecule has 5 heteroatoms. The highest BCUT2D eigenvalue weighted by Gasteiger charge is 2.26. The Morgan fingerprint density at radius 2 is 1.27 bits per heavy atom. The minimum absolute atomic E-state index is 0.301. The number of aromatic nitrogens is 1. The van der Waals surface area contributed by atoms with Crippen molar-refractivity contribution in [3.63, 3.8) is 0 Å². The van der Waals surface area contributed by atoms with E-state index in [1.807, 2.05) is 30.6 Å². The molecule has 0 saturated carbocycles. The van der Waals surface area contributed by atoms with Gasteiger partial charge in [-0.05, 0) is 64.2 Å². The maximum Gasteiger partial charge on any atom is 0.153 e. The molecule has 0 spiro atoms. The van der Waals surface area contributed by atoms with Gasteiger partial charge < -0.3 is 14.3 Å². The van der Waals surface area contributed by atoms with Crippen molar-refractivity contribution in [1.82, 2.24) is 4.98 Å². The predicted molar refractivity (Wildman–Crippen MR) is 183 cm³/mol. The van der Waals surface area contributed by atoms with Crippen molar-refractivity contribution in [1.29, 1.82) is 0 Å². The maximum atomic E-state index is 6.42. The molecule has 0 radical (unpaired) electrons. The second-order valence-corrected chi connectivity index (χ2v) is 11.1. The third-order valence-corrected chi connectivity index (χ3v) is 8.62. The summed E-state index contributed by atoms with van der Waals surface area (Å²) in [5.74, 6) is 0. The van der Waals surface area contributed by atoms with E-state index in [-0.39, 0.29) is 6.17 Å². The Kier molecular flexibility index (Phi) is 5.50. The van der Waals surface area contributed by atoms with Crippen LogP contribution in [0.2, 0.25) is 0 Å². The SMILES string of the molecule is C1=NC=NC(c2ccc3[nH]c4cccc(-c5ccccc5)c4c3c2)N1c1cccc2oc3cccc(-c4ccccc4)c3c12. The number of H-pyrrole nitrogens is 1. The van der Waals surface area contributed by atoms with Crippen molar-refractivity contribution in [2.75, 3.05) is 4.90 Å². The molecule has 44 heavy (non-hydrogen) atoms. The standard InChI is InChI=1S/C39H26N4O/c1-3-10-25(11-4-1)28-14-7-16-32-36(28)30-22-27(20-21-31(30)42-32)39-41-23-40-24-43(39)33-17-9-19-35-38(33)37-29(15-8-18-34(37)44-35)26-12-5-2-6-13-26/h1-24,39,42H. The number of aliphatic imine (C=N–C) groups is 2. The van der Waals surface area contributed by atoms with E-state index in [1.165, 1.54) is 21.9 Å². The van der Waals surface area contributed by atoms with E-state index >= 15 is 0 Å². The first-order valence-electron chi connectivity index (χ1n) is 14.8. The number of rotatable bonds is 4. The molecule has 8 aromatic rings. The predicted octanol–water partition coefficient (Wildman–Crippen LogP) is 10.1. The molecule has 3 heterocycles. The monoisotopic (exact) mass is 566 g/mol. The van der Waals surface area contributed by atoms with Gasteiger partial charge in [0.2, 0.25) is 0 Å². The molecule has 5 nitrogen and oxygen atoms in total. The van der Waals surface area contributed by atoms with Crippen LogP contribution in [0.4, 0.5) is 5.69 Å². The lowest BCUT2D eigenvalue weighted by Gasteiger charge is -2.29. The lowest BCUT2D eigenvalue weighted by Crippen LogP contribution is -2.28. The van der Waals surface area contributed by atoms with Crippen molar-refractivity contribution in [2.45, 2.75) is 6.17 Å². The average molecular weight is 567 g/mol. The Balaban J connectivity index is 1.24. The van der Waals surface area contributed by atoms with Crippen LogP contribution in [-0.4, -0.2) is 17.7 Å². The van der Waals surface area contributed by atoms with E-state index in [1.54, 1.807) is 6.34 Å². The number of furan rings is 1. The molecule has 1 aliphatic rings. The zero-order valence-electron chi connectivity index (χ0n) is 23.7. The fraction of sp³-hybridized carbons (Fsp3) is 0.0256. The zero-order chi connectivity index (χ0) is 29.0. The first-order chi connectivity index (χ1) is 21.8. The van der Waals surface area contributed by atoms with Gasteiger partial charge in [0.15, 0.2) is 6.17 Å². The molecular formula is C39H26N4O. The summed E-state index contributed by atoms with van der Waals surface area (Å²) in [6.45, 7) is 0. The van der Waals surface area contributed by atoms with Crippen molar-refractivity contribution >= 4 is 62.1 Å². The van der Waals surface area contributed by atoms with E-state index < -0.39 is 0 Å². The van der Waals surface area contributed by atoms with Crippen LogP contribution < -0.4 is 4.90 Å². The molecule has 2 aromatic heterocycles. The number of benzene rings is 6. The van der Waals surface area contributed by atoms with E-state index in [9.17, 15) is 0 Å². The Bertz CT molecular complexity index is 2400. The van der Waals surface area contributed by atoms with Crippen LogP contribution in [0.25, 0.3) is 66.0 Å². The van der Waals surface area contributed by atoms with Crippen LogP contribution in [0.5, 0.6) is 0 Å². The van der Waals surface area contributed by atoms with Crippen LogP contribution >= 0.6 is 0 Å². The summed E-state index contributed by atoms with van der Waals surface area (Å²) in [4.78, 5) is 15.2. The van der Waals surface area contributed by atoms with Gasteiger partial charge in [-0.3, -0.25) is 0 Å². The molecule has 1 N–H and O–H groups in total. The Morgan fingerprint density at radius 3 is 2.05 bits per heavy atom. The van der Waals surface area contributed by atoms with Crippen LogP contribution in [0, 0.1) is 0 Å². The van der Waals surface area contributed by atoms with Crippen molar-refractivity contribution < 1.29 is 4.42 Å². The van der Waals surface area contributed by atoms with Gasteiger partial charge in [-0.15, -0.1) is 0 Å². The molecule has 0 amide bonds. The highest BCUT2D eigenvalue weighted by molar-refractivity contribution is 6.19. The van der Waals surface area contributed by atoms with E-state index in [4.69, 9.17) is 9.41 Å². The smallest absolute Gasteiger partial charge is 0.153 e. The van der Waals surface area contributed by atoms with E-state index in [0.717, 1.165) is 55.3 Å². The molecule has 1 unspecified atom stereocenters. The molecule has 0 saturated heterocycles. The van der Waals surface area contributed by atoms with Crippen LogP contribution in [-0.2, 0) is 0 Å². The number of anilines is 1. The minimum atomic E-state index is -0.301. The molecule has 0 fully saturated rings. The summed E-state index contributed by atoms with van der Waals surface area (Å²) in [5.41, 5.74) is 10.7. The highest BCUT2D eigenvalue weighted by Crippen LogP contribution is 2.44. The Morgan fingerprint density at radius 1 is 0.591 bits per heavy atom. The average Bonchev–Trinajstić information content (AvgIpc) is 3.67. The van der Waals surface area contributed by atoms with Gasteiger partial charge >= 0.3 is 0 Å². The molecule has 1 atom stereocenters. The van der Waals surface area contributed by atoms with Gasteiger partial charge in [0.1, 0.15) is 17.5 Å². The first kappa shape index (κ1) is 24.6. The van der Waals surface area contributed by atoms with Crippen molar-refractivity contribution in [3.8, 4) is 22.3 Å². The molecule has 9 rings (SSSR count). The van der Waals surface area contributed by atoms with Crippen LogP contribution in [0.15, 0.2) is 148 Å². The van der Waals surface area contributed by atoms with Gasteiger partial charge in [0.25, 0.3) is 0 Å². The zero-order valence-corrected chi connectivity index (χ0v) is 23.7. The van der Waals surface area contributed by atoms with Crippen molar-refractivity contribution in [3.05, 3.63) is 139 Å². The first-order valence-corrected chi connectivity index (χ1v) is 14.8. The molecule has 6 aromatic carbocycles. The van der Waals surface area contributed by atoms with Crippen LogP contribution in [0.1, 0.15) is 11.7 Å². The minimum Gasteiger partial charge on any atom is -0.456 e. The Hall–Kier alpha value is -5.94. The Labute approximate surface area is 253 Å². The van der Waals surface area contributed by atoms with Gasteiger partial charge in [-0.2, -0.15) is 0 Å². The lowest BCUT2D eigenvalue weighted by atomic mass is 9.97. The number of nitrogens with zero attached hydrogens (tertiary/aromatic N) is 3. The molecule has 0 bridgehead atoms. The van der Waals surface area contributed by atoms with E-state index in [2.05, 4.69) is 124 Å². The summed E-state index contributed by atoms with van der Waals surface area (Å²) in [5, 5.41) is 4.53. The summed E-state index contributed by atoms with van der Waals surface area (Å²) < 4.78 is 6.42. The van der Waals surface area contributed by atoms with Crippen molar-refractivity contribution in [2.24, 2.45) is 9.98 Å². The molecular weight excluding hydrogens is 540 g/mol. The quantitative estimate of drug-likeness (QED) is 0.230. The molecule has 1 aliphatic heterocycles. The summed E-state index contributed by atoms with van der Waals surface area (Å²) in [7, 11) is 0. The fourth-order valence-electron chi connectivity index (χ4n) is 6.69. The summed E-state index contributed by atoms with van der Waals surface area (Å²) in [6.07, 6.45) is 3.23. The fourth-order valence-corrected chi connectivity index (χ4v) is 6.69. The van der Waals surface area contributed by atoms with Gasteiger partial charge in [0, 0.05) is 27.2 Å². The lowest BCUT2D eigenvalue weighted by molar-refractivity contribution is 0.668. The number of hydrogen-bond donors (Lipinski definition) is 1. The third-order valence-electron chi connectivity index (χ3n) is 8.62. The number of nitrogens with one attached hydrogen (secondary N) is 1. The summed E-state index contributed by atoms with van der Waals surface area (Å²) in [6, 6.07) is 46.6. The molecule has 0 aliphatic carbocycles. The summed E-state index contributed by atoms with van der Waals surface area (Å²) >= 11 is 0. The van der Waals surface area contributed by atoms with Gasteiger partial charge in [-0.25, -0.2) is 9.98 Å². The number of aromatic amines is 1. The molecule has 208 valence electrons. The third kappa shape index (κ3) is 3.80. The van der Waals surface area contributed by atoms with Gasteiger partial charge in [0.05, 0.1) is 17.4 Å². The maximum absolute atomic E-state index is 6.42. The second-order valence-electron chi connectivity index (χ2n) is 11.1. The van der Waals surface area contributed by atoms with E-state index in [0.29, 0.717) is 0 Å². The highest BCUT2D eigenvalue weighted by atomic mass is 16.3. The largest absolute Gasteiger partial charge is 0.456 e. The second kappa shape index (κ2) is 9.82. The number of fused-ring (bicyclic) bond motifs is 6.